The van der Waals surface area contributed by atoms with Crippen LogP contribution < -0.4 is 11.3 Å². The molecule has 21 heavy (non-hydrogen) atoms. The number of nitrogens with two attached hydrogens (primary N) is 1. The molecule has 0 unspecified atom stereocenters. The van der Waals surface area contributed by atoms with Gasteiger partial charge in [-0.2, -0.15) is 0 Å². The fraction of sp³-hybridized carbons (Fsp3) is 0.200. The van der Waals surface area contributed by atoms with Crippen molar-refractivity contribution in [2.45, 2.75) is 29.1 Å². The van der Waals surface area contributed by atoms with E-state index >= 15 is 0 Å². The minimum absolute atomic E-state index is 0.0362. The van der Waals surface area contributed by atoms with Gasteiger partial charge in [-0.3, -0.25) is 16.0 Å². The van der Waals surface area contributed by atoms with Crippen molar-refractivity contribution >= 4 is 23.1 Å². The Morgan fingerprint density at radius 2 is 1.90 bits per heavy atom. The summed E-state index contributed by atoms with van der Waals surface area (Å²) in [6.45, 7) is 0. The second-order valence-electron chi connectivity index (χ2n) is 5.00. The lowest BCUT2D eigenvalue weighted by atomic mass is 10.1. The molecule has 1 aliphatic rings. The van der Waals surface area contributed by atoms with E-state index in [9.17, 15) is 10.1 Å². The first-order valence-electron chi connectivity index (χ1n) is 6.71. The van der Waals surface area contributed by atoms with Crippen LogP contribution in [0.5, 0.6) is 0 Å². The molecular formula is C15H15N3O2S. The number of hydrogen-bond acceptors (Lipinski definition) is 5. The molecule has 2 aromatic carbocycles. The highest BCUT2D eigenvalue weighted by atomic mass is 32.2. The van der Waals surface area contributed by atoms with Gasteiger partial charge in [-0.25, -0.2) is 0 Å². The Kier molecular flexibility index (Phi) is 3.81. The van der Waals surface area contributed by atoms with Crippen molar-refractivity contribution < 1.29 is 4.92 Å². The lowest BCUT2D eigenvalue weighted by Crippen LogP contribution is -2.07. The van der Waals surface area contributed by atoms with E-state index in [1.807, 2.05) is 6.07 Å². The third-order valence-corrected chi connectivity index (χ3v) is 4.54. The molecule has 1 aliphatic carbocycles. The molecular weight excluding hydrogens is 286 g/mol. The fourth-order valence-electron chi connectivity index (χ4n) is 2.58. The van der Waals surface area contributed by atoms with Gasteiger partial charge < -0.3 is 5.43 Å². The Hall–Kier alpha value is -2.05. The number of aryl methyl sites for hydroxylation is 2. The van der Waals surface area contributed by atoms with Crippen LogP contribution in [0.3, 0.4) is 0 Å². The van der Waals surface area contributed by atoms with Gasteiger partial charge in [-0.05, 0) is 48.6 Å². The SMILES string of the molecule is NNc1cc(Sc2ccc3c(c2)CCC3)cc([N+](=O)[O-])c1. The number of anilines is 1. The van der Waals surface area contributed by atoms with Gasteiger partial charge >= 0.3 is 0 Å². The number of nitro benzene ring substituents is 1. The quantitative estimate of drug-likeness (QED) is 0.513. The summed E-state index contributed by atoms with van der Waals surface area (Å²) in [5, 5.41) is 11.0. The summed E-state index contributed by atoms with van der Waals surface area (Å²) in [6.07, 6.45) is 3.48. The van der Waals surface area contributed by atoms with Crippen LogP contribution in [0, 0.1) is 10.1 Å². The average molecular weight is 301 g/mol. The van der Waals surface area contributed by atoms with Crippen LogP contribution in [-0.2, 0) is 12.8 Å². The third-order valence-electron chi connectivity index (χ3n) is 3.57. The van der Waals surface area contributed by atoms with Crippen LogP contribution in [0.2, 0.25) is 0 Å². The fourth-order valence-corrected chi connectivity index (χ4v) is 3.55. The zero-order chi connectivity index (χ0) is 14.8. The maximum Gasteiger partial charge on any atom is 0.272 e. The largest absolute Gasteiger partial charge is 0.324 e. The van der Waals surface area contributed by atoms with E-state index in [2.05, 4.69) is 23.6 Å². The van der Waals surface area contributed by atoms with Gasteiger partial charge in [0.25, 0.3) is 5.69 Å². The highest BCUT2D eigenvalue weighted by Gasteiger charge is 2.13. The van der Waals surface area contributed by atoms with E-state index < -0.39 is 4.92 Å². The first-order valence-corrected chi connectivity index (χ1v) is 7.53. The zero-order valence-corrected chi connectivity index (χ0v) is 12.2. The number of hydrazine groups is 1. The second kappa shape index (κ2) is 5.75. The van der Waals surface area contributed by atoms with Gasteiger partial charge in [0.1, 0.15) is 0 Å². The Bertz CT molecular complexity index is 703. The Labute approximate surface area is 126 Å². The standard InChI is InChI=1S/C15H15N3O2S/c16-17-12-7-13(18(19)20)9-15(8-12)21-14-5-4-10-2-1-3-11(10)6-14/h4-9,17H,1-3,16H2. The van der Waals surface area contributed by atoms with Crippen LogP contribution >= 0.6 is 11.8 Å². The van der Waals surface area contributed by atoms with Crippen molar-refractivity contribution in [3.8, 4) is 0 Å². The second-order valence-corrected chi connectivity index (χ2v) is 6.15. The van der Waals surface area contributed by atoms with E-state index in [0.29, 0.717) is 5.69 Å². The first kappa shape index (κ1) is 13.9. The van der Waals surface area contributed by atoms with Crippen LogP contribution in [0.4, 0.5) is 11.4 Å². The Morgan fingerprint density at radius 1 is 1.10 bits per heavy atom. The number of rotatable bonds is 4. The molecule has 0 radical (unpaired) electrons. The number of fused-ring (bicyclic) bond motifs is 1. The summed E-state index contributed by atoms with van der Waals surface area (Å²) >= 11 is 1.51. The van der Waals surface area contributed by atoms with E-state index in [4.69, 9.17) is 5.84 Å². The molecule has 0 saturated heterocycles. The molecule has 0 aromatic heterocycles. The predicted molar refractivity (Wildman–Crippen MR) is 83.5 cm³/mol. The molecule has 5 nitrogen and oxygen atoms in total. The van der Waals surface area contributed by atoms with Crippen LogP contribution in [-0.4, -0.2) is 4.92 Å². The summed E-state index contributed by atoms with van der Waals surface area (Å²) < 4.78 is 0. The molecule has 0 amide bonds. The molecule has 0 heterocycles. The number of nitrogens with zero attached hydrogens (tertiary/aromatic N) is 1. The minimum Gasteiger partial charge on any atom is -0.324 e. The number of non-ortho nitro benzene ring substituents is 1. The van der Waals surface area contributed by atoms with Gasteiger partial charge in [-0.15, -0.1) is 0 Å². The van der Waals surface area contributed by atoms with Crippen LogP contribution in [0.1, 0.15) is 17.5 Å². The molecule has 3 rings (SSSR count). The highest BCUT2D eigenvalue weighted by molar-refractivity contribution is 7.99. The molecule has 108 valence electrons. The van der Waals surface area contributed by atoms with Crippen molar-refractivity contribution in [1.29, 1.82) is 0 Å². The lowest BCUT2D eigenvalue weighted by molar-refractivity contribution is -0.385. The summed E-state index contributed by atoms with van der Waals surface area (Å²) in [6, 6.07) is 11.2. The topological polar surface area (TPSA) is 81.2 Å². The Balaban J connectivity index is 1.90. The van der Waals surface area contributed by atoms with Crippen molar-refractivity contribution in [2.24, 2.45) is 5.84 Å². The molecule has 0 saturated carbocycles. The van der Waals surface area contributed by atoms with E-state index in [1.54, 1.807) is 6.07 Å². The predicted octanol–water partition coefficient (Wildman–Crippen LogP) is 3.52. The molecule has 2 aromatic rings. The first-order chi connectivity index (χ1) is 10.2. The van der Waals surface area contributed by atoms with E-state index in [-0.39, 0.29) is 5.69 Å². The van der Waals surface area contributed by atoms with Gasteiger partial charge in [-0.1, -0.05) is 17.8 Å². The summed E-state index contributed by atoms with van der Waals surface area (Å²) in [5.74, 6) is 5.37. The number of hydrogen-bond donors (Lipinski definition) is 2. The van der Waals surface area contributed by atoms with Gasteiger partial charge in [0.15, 0.2) is 0 Å². The van der Waals surface area contributed by atoms with Crippen molar-refractivity contribution in [1.82, 2.24) is 0 Å². The number of nitro groups is 1. The van der Waals surface area contributed by atoms with Gasteiger partial charge in [0.2, 0.25) is 0 Å². The molecule has 0 aliphatic heterocycles. The van der Waals surface area contributed by atoms with Crippen LogP contribution in [0.25, 0.3) is 0 Å². The highest BCUT2D eigenvalue weighted by Crippen LogP contribution is 2.35. The average Bonchev–Trinajstić information content (AvgIpc) is 2.94. The molecule has 0 fully saturated rings. The summed E-state index contributed by atoms with van der Waals surface area (Å²) in [7, 11) is 0. The molecule has 0 bridgehead atoms. The molecule has 0 spiro atoms. The van der Waals surface area contributed by atoms with Crippen molar-refractivity contribution in [3.05, 3.63) is 57.6 Å². The smallest absolute Gasteiger partial charge is 0.272 e. The normalized spacial score (nSPS) is 13.0. The number of nitrogen functional groups attached to an aromatic ring is 1. The van der Waals surface area contributed by atoms with Crippen LogP contribution in [0.15, 0.2) is 46.2 Å². The third kappa shape index (κ3) is 3.01. The minimum atomic E-state index is -0.409. The monoisotopic (exact) mass is 301 g/mol. The molecule has 6 heteroatoms. The van der Waals surface area contributed by atoms with E-state index in [0.717, 1.165) is 22.6 Å². The molecule has 3 N–H and O–H groups in total. The lowest BCUT2D eigenvalue weighted by Gasteiger charge is -2.07. The van der Waals surface area contributed by atoms with Gasteiger partial charge in [0.05, 0.1) is 10.6 Å². The zero-order valence-electron chi connectivity index (χ0n) is 11.3. The number of benzene rings is 2. The van der Waals surface area contributed by atoms with Crippen molar-refractivity contribution in [3.63, 3.8) is 0 Å². The summed E-state index contributed by atoms with van der Waals surface area (Å²) in [5.41, 5.74) is 5.85. The number of nitrogens with one attached hydrogen (secondary N) is 1. The van der Waals surface area contributed by atoms with Gasteiger partial charge in [0, 0.05) is 21.9 Å². The maximum atomic E-state index is 11.0. The maximum absolute atomic E-state index is 11.0. The molecule has 0 atom stereocenters. The van der Waals surface area contributed by atoms with Crippen molar-refractivity contribution in [2.75, 3.05) is 5.43 Å². The Morgan fingerprint density at radius 3 is 2.67 bits per heavy atom. The van der Waals surface area contributed by atoms with E-state index in [1.165, 1.54) is 35.4 Å². The summed E-state index contributed by atoms with van der Waals surface area (Å²) in [4.78, 5) is 12.4.